The Morgan fingerprint density at radius 3 is 2.26 bits per heavy atom. The van der Waals surface area contributed by atoms with Crippen LogP contribution < -0.4 is 5.73 Å². The van der Waals surface area contributed by atoms with Gasteiger partial charge in [0.2, 0.25) is 10.0 Å². The third-order valence-corrected chi connectivity index (χ3v) is 5.66. The first-order chi connectivity index (χ1) is 8.55. The van der Waals surface area contributed by atoms with Crippen molar-refractivity contribution in [1.82, 2.24) is 4.31 Å². The molecule has 2 N–H and O–H groups in total. The van der Waals surface area contributed by atoms with Crippen LogP contribution in [0.3, 0.4) is 0 Å². The molecule has 0 amide bonds. The Balaban J connectivity index is 3.11. The van der Waals surface area contributed by atoms with Gasteiger partial charge in [-0.05, 0) is 52.3 Å². The molecule has 1 aromatic rings. The molecule has 0 unspecified atom stereocenters. The number of hydrogen-bond donors (Lipinski definition) is 1. The molecule has 0 heterocycles. The first kappa shape index (κ1) is 16.0. The summed E-state index contributed by atoms with van der Waals surface area (Å²) in [5.41, 5.74) is 7.29. The molecular formula is C14H24N2O2S. The molecule has 0 fully saturated rings. The molecule has 1 rings (SSSR count). The van der Waals surface area contributed by atoms with Crippen LogP contribution >= 0.6 is 0 Å². The van der Waals surface area contributed by atoms with Crippen LogP contribution in [0, 0.1) is 0 Å². The van der Waals surface area contributed by atoms with E-state index in [9.17, 15) is 8.42 Å². The molecule has 0 radical (unpaired) electrons. The highest BCUT2D eigenvalue weighted by atomic mass is 32.2. The fourth-order valence-corrected chi connectivity index (χ4v) is 3.35. The zero-order chi connectivity index (χ0) is 14.8. The van der Waals surface area contributed by atoms with Gasteiger partial charge in [0, 0.05) is 18.3 Å². The molecule has 1 aromatic carbocycles. The van der Waals surface area contributed by atoms with Crippen LogP contribution in [0.2, 0.25) is 0 Å². The second-order valence-corrected chi connectivity index (χ2v) is 8.65. The van der Waals surface area contributed by atoms with Crippen molar-refractivity contribution in [2.45, 2.75) is 52.0 Å². The Morgan fingerprint density at radius 2 is 1.84 bits per heavy atom. The predicted molar refractivity (Wildman–Crippen MR) is 80.2 cm³/mol. The van der Waals surface area contributed by atoms with Crippen LogP contribution in [0.4, 0.5) is 5.69 Å². The minimum absolute atomic E-state index is 0.0920. The number of sulfonamides is 1. The Kier molecular flexibility index (Phi) is 4.63. The molecule has 5 heteroatoms. The molecule has 0 aromatic heterocycles. The molecule has 0 spiro atoms. The number of rotatable bonds is 4. The smallest absolute Gasteiger partial charge is 0.219 e. The average Bonchev–Trinajstić information content (AvgIpc) is 2.23. The summed E-state index contributed by atoms with van der Waals surface area (Å²) in [7, 11) is -3.36. The lowest BCUT2D eigenvalue weighted by Gasteiger charge is -2.32. The maximum atomic E-state index is 12.6. The van der Waals surface area contributed by atoms with Crippen molar-refractivity contribution in [2.24, 2.45) is 0 Å². The van der Waals surface area contributed by atoms with E-state index in [1.54, 1.807) is 26.8 Å². The second-order valence-electron chi connectivity index (χ2n) is 6.00. The van der Waals surface area contributed by atoms with Crippen LogP contribution in [-0.4, -0.2) is 23.5 Å². The van der Waals surface area contributed by atoms with Crippen molar-refractivity contribution >= 4 is 15.7 Å². The Labute approximate surface area is 116 Å². The summed E-state index contributed by atoms with van der Waals surface area (Å²) in [6, 6.07) is 7.25. The number of nitrogen functional groups attached to an aromatic ring is 1. The monoisotopic (exact) mass is 284 g/mol. The molecule has 0 saturated carbocycles. The number of nitrogens with two attached hydrogens (primary N) is 1. The zero-order valence-corrected chi connectivity index (χ0v) is 13.2. The largest absolute Gasteiger partial charge is 0.399 e. The number of nitrogens with zero attached hydrogens (tertiary/aromatic N) is 1. The summed E-state index contributed by atoms with van der Waals surface area (Å²) in [5, 5.41) is 0. The molecule has 108 valence electrons. The van der Waals surface area contributed by atoms with Gasteiger partial charge in [-0.15, -0.1) is 0 Å². The van der Waals surface area contributed by atoms with Crippen LogP contribution in [-0.2, 0) is 16.6 Å². The highest BCUT2D eigenvalue weighted by Gasteiger charge is 2.36. The van der Waals surface area contributed by atoms with E-state index in [1.807, 2.05) is 32.0 Å². The maximum absolute atomic E-state index is 12.6. The fourth-order valence-electron chi connectivity index (χ4n) is 1.77. The van der Waals surface area contributed by atoms with Crippen LogP contribution in [0.1, 0.15) is 40.2 Å². The average molecular weight is 284 g/mol. The third-order valence-electron chi connectivity index (χ3n) is 2.95. The molecule has 19 heavy (non-hydrogen) atoms. The van der Waals surface area contributed by atoms with E-state index in [0.29, 0.717) is 12.2 Å². The molecule has 0 aliphatic carbocycles. The van der Waals surface area contributed by atoms with Gasteiger partial charge in [-0.1, -0.05) is 12.1 Å². The minimum Gasteiger partial charge on any atom is -0.399 e. The molecule has 0 saturated heterocycles. The fraction of sp³-hybridized carbons (Fsp3) is 0.571. The summed E-state index contributed by atoms with van der Waals surface area (Å²) >= 11 is 0. The molecule has 0 bridgehead atoms. The molecule has 4 nitrogen and oxygen atoms in total. The van der Waals surface area contributed by atoms with E-state index in [1.165, 1.54) is 4.31 Å². The summed E-state index contributed by atoms with van der Waals surface area (Å²) < 4.78 is 25.9. The normalized spacial score (nSPS) is 13.2. The van der Waals surface area contributed by atoms with Gasteiger partial charge in [-0.2, -0.15) is 4.31 Å². The lowest BCUT2D eigenvalue weighted by Crippen LogP contribution is -2.45. The van der Waals surface area contributed by atoms with E-state index >= 15 is 0 Å². The summed E-state index contributed by atoms with van der Waals surface area (Å²) in [5.74, 6) is 0. The van der Waals surface area contributed by atoms with Crippen molar-refractivity contribution < 1.29 is 8.42 Å². The van der Waals surface area contributed by atoms with Gasteiger partial charge in [-0.25, -0.2) is 8.42 Å². The van der Waals surface area contributed by atoms with Crippen LogP contribution in [0.25, 0.3) is 0 Å². The summed E-state index contributed by atoms with van der Waals surface area (Å²) in [4.78, 5) is 0. The summed E-state index contributed by atoms with van der Waals surface area (Å²) in [6.07, 6.45) is 0. The molecule has 0 atom stereocenters. The SMILES string of the molecule is CC(C)N(Cc1cccc(N)c1)S(=O)(=O)C(C)(C)C. The lowest BCUT2D eigenvalue weighted by atomic mass is 10.2. The highest BCUT2D eigenvalue weighted by Crippen LogP contribution is 2.24. The van der Waals surface area contributed by atoms with Gasteiger partial charge < -0.3 is 5.73 Å². The predicted octanol–water partition coefficient (Wildman–Crippen LogP) is 2.61. The van der Waals surface area contributed by atoms with Crippen molar-refractivity contribution in [1.29, 1.82) is 0 Å². The zero-order valence-electron chi connectivity index (χ0n) is 12.3. The first-order valence-electron chi connectivity index (χ1n) is 6.41. The van der Waals surface area contributed by atoms with Gasteiger partial charge in [0.25, 0.3) is 0 Å². The van der Waals surface area contributed by atoms with Gasteiger partial charge in [0.1, 0.15) is 0 Å². The van der Waals surface area contributed by atoms with Gasteiger partial charge in [0.05, 0.1) is 4.75 Å². The van der Waals surface area contributed by atoms with Crippen LogP contribution in [0.15, 0.2) is 24.3 Å². The Bertz CT molecular complexity index is 531. The third kappa shape index (κ3) is 3.70. The van der Waals surface area contributed by atoms with E-state index in [0.717, 1.165) is 5.56 Å². The van der Waals surface area contributed by atoms with Gasteiger partial charge in [-0.3, -0.25) is 0 Å². The second kappa shape index (κ2) is 5.51. The Hall–Kier alpha value is -1.07. The van der Waals surface area contributed by atoms with Gasteiger partial charge in [0.15, 0.2) is 0 Å². The standard InChI is InChI=1S/C14H24N2O2S/c1-11(2)16(19(17,18)14(3,4)5)10-12-7-6-8-13(15)9-12/h6-9,11H,10,15H2,1-5H3. The first-order valence-corrected chi connectivity index (χ1v) is 7.85. The quantitative estimate of drug-likeness (QED) is 0.864. The van der Waals surface area contributed by atoms with Gasteiger partial charge >= 0.3 is 0 Å². The van der Waals surface area contributed by atoms with E-state index in [-0.39, 0.29) is 6.04 Å². The maximum Gasteiger partial charge on any atom is 0.219 e. The van der Waals surface area contributed by atoms with E-state index in [4.69, 9.17) is 5.73 Å². The highest BCUT2D eigenvalue weighted by molar-refractivity contribution is 7.90. The minimum atomic E-state index is -3.36. The van der Waals surface area contributed by atoms with Crippen LogP contribution in [0.5, 0.6) is 0 Å². The van der Waals surface area contributed by atoms with Crippen molar-refractivity contribution in [3.63, 3.8) is 0 Å². The van der Waals surface area contributed by atoms with Crippen molar-refractivity contribution in [3.05, 3.63) is 29.8 Å². The number of benzene rings is 1. The van der Waals surface area contributed by atoms with Crippen molar-refractivity contribution in [2.75, 3.05) is 5.73 Å². The Morgan fingerprint density at radius 1 is 1.26 bits per heavy atom. The number of anilines is 1. The summed E-state index contributed by atoms with van der Waals surface area (Å²) in [6.45, 7) is 9.28. The topological polar surface area (TPSA) is 63.4 Å². The number of hydrogen-bond acceptors (Lipinski definition) is 3. The van der Waals surface area contributed by atoms with Crippen molar-refractivity contribution in [3.8, 4) is 0 Å². The molecule has 0 aliphatic heterocycles. The molecule has 0 aliphatic rings. The lowest BCUT2D eigenvalue weighted by molar-refractivity contribution is 0.336. The van der Waals surface area contributed by atoms with E-state index < -0.39 is 14.8 Å². The molecular weight excluding hydrogens is 260 g/mol. The van der Waals surface area contributed by atoms with E-state index in [2.05, 4.69) is 0 Å².